The van der Waals surface area contributed by atoms with Gasteiger partial charge >= 0.3 is 0 Å². The molecular weight excluding hydrogens is 258 g/mol. The Kier molecular flexibility index (Phi) is 3.40. The number of hydrogen-bond acceptors (Lipinski definition) is 4. The second-order valence-corrected chi connectivity index (χ2v) is 5.49. The third-order valence-corrected chi connectivity index (χ3v) is 4.32. The number of nitrogens with one attached hydrogen (secondary N) is 1. The fourth-order valence-electron chi connectivity index (χ4n) is 3.20. The number of nitro benzene ring substituents is 1. The number of hydrogen-bond donors (Lipinski definition) is 1. The molecule has 0 radical (unpaired) electrons. The van der Waals surface area contributed by atoms with E-state index in [2.05, 4.69) is 10.2 Å². The molecule has 3 saturated heterocycles. The molecule has 3 aliphatic heterocycles. The van der Waals surface area contributed by atoms with Crippen LogP contribution >= 0.6 is 0 Å². The van der Waals surface area contributed by atoms with Crippen LogP contribution in [0.5, 0.6) is 0 Å². The highest BCUT2D eigenvalue weighted by molar-refractivity contribution is 5.98. The van der Waals surface area contributed by atoms with Crippen molar-refractivity contribution >= 4 is 11.6 Å². The number of fused-ring (bicyclic) bond motifs is 3. The van der Waals surface area contributed by atoms with E-state index in [1.807, 2.05) is 0 Å². The molecule has 1 amide bonds. The Bertz CT molecular complexity index is 538. The molecule has 3 heterocycles. The average Bonchev–Trinajstić information content (AvgIpc) is 2.48. The maximum Gasteiger partial charge on any atom is 0.282 e. The van der Waals surface area contributed by atoms with Gasteiger partial charge in [-0.2, -0.15) is 0 Å². The van der Waals surface area contributed by atoms with Gasteiger partial charge in [0.25, 0.3) is 11.6 Å². The van der Waals surface area contributed by atoms with Gasteiger partial charge in [-0.05, 0) is 37.9 Å². The van der Waals surface area contributed by atoms with Crippen molar-refractivity contribution in [3.8, 4) is 0 Å². The van der Waals surface area contributed by atoms with Gasteiger partial charge < -0.3 is 10.2 Å². The maximum absolute atomic E-state index is 12.3. The molecule has 20 heavy (non-hydrogen) atoms. The van der Waals surface area contributed by atoms with Crippen molar-refractivity contribution in [1.82, 2.24) is 10.2 Å². The molecule has 1 N–H and O–H groups in total. The Hall–Kier alpha value is -1.95. The summed E-state index contributed by atoms with van der Waals surface area (Å²) in [6, 6.07) is 6.21. The summed E-state index contributed by atoms with van der Waals surface area (Å²) in [6.07, 6.45) is 2.20. The van der Waals surface area contributed by atoms with Crippen LogP contribution in [0.4, 0.5) is 5.69 Å². The summed E-state index contributed by atoms with van der Waals surface area (Å²) < 4.78 is 0. The summed E-state index contributed by atoms with van der Waals surface area (Å²) in [5.74, 6) is 0.169. The lowest BCUT2D eigenvalue weighted by Gasteiger charge is -2.44. The normalized spacial score (nSPS) is 28.1. The van der Waals surface area contributed by atoms with Crippen LogP contribution in [0.15, 0.2) is 24.3 Å². The van der Waals surface area contributed by atoms with Crippen LogP contribution in [-0.2, 0) is 0 Å². The van der Waals surface area contributed by atoms with Crippen molar-refractivity contribution in [1.29, 1.82) is 0 Å². The Morgan fingerprint density at radius 2 is 2.00 bits per heavy atom. The van der Waals surface area contributed by atoms with Gasteiger partial charge in [0.1, 0.15) is 5.56 Å². The zero-order valence-electron chi connectivity index (χ0n) is 11.1. The number of carbonyl (C=O) groups excluding carboxylic acids is 1. The van der Waals surface area contributed by atoms with Gasteiger partial charge in [0.2, 0.25) is 0 Å². The molecule has 6 heteroatoms. The van der Waals surface area contributed by atoms with Gasteiger partial charge in [0.05, 0.1) is 4.92 Å². The summed E-state index contributed by atoms with van der Waals surface area (Å²) >= 11 is 0. The summed E-state index contributed by atoms with van der Waals surface area (Å²) in [5.41, 5.74) is 0.0141. The first-order chi connectivity index (χ1) is 9.65. The van der Waals surface area contributed by atoms with Gasteiger partial charge in [0.15, 0.2) is 0 Å². The molecule has 3 aliphatic rings. The van der Waals surface area contributed by atoms with E-state index in [1.54, 1.807) is 12.1 Å². The molecule has 4 rings (SSSR count). The largest absolute Gasteiger partial charge is 0.348 e. The van der Waals surface area contributed by atoms with Crippen molar-refractivity contribution in [2.75, 3.05) is 19.6 Å². The third kappa shape index (κ3) is 2.38. The Balaban J connectivity index is 1.75. The molecule has 1 unspecified atom stereocenters. The standard InChI is InChI=1S/C14H17N3O3/c18-14(11-3-1-2-4-13(11)17(19)20)15-12-9-16-7-5-10(12)6-8-16/h1-4,10,12H,5-9H2,(H,15,18). The van der Waals surface area contributed by atoms with Crippen LogP contribution in [0, 0.1) is 16.0 Å². The summed E-state index contributed by atoms with van der Waals surface area (Å²) in [7, 11) is 0. The summed E-state index contributed by atoms with van der Waals surface area (Å²) in [5, 5.41) is 13.9. The fourth-order valence-corrected chi connectivity index (χ4v) is 3.20. The number of nitro groups is 1. The maximum atomic E-state index is 12.3. The zero-order chi connectivity index (χ0) is 14.1. The molecule has 0 saturated carbocycles. The number of benzene rings is 1. The van der Waals surface area contributed by atoms with Gasteiger partial charge in [-0.25, -0.2) is 0 Å². The molecule has 1 aromatic rings. The lowest BCUT2D eigenvalue weighted by molar-refractivity contribution is -0.385. The van der Waals surface area contributed by atoms with Gasteiger partial charge in [-0.1, -0.05) is 12.1 Å². The molecular formula is C14H17N3O3. The average molecular weight is 275 g/mol. The monoisotopic (exact) mass is 275 g/mol. The van der Waals surface area contributed by atoms with Crippen molar-refractivity contribution in [2.45, 2.75) is 18.9 Å². The van der Waals surface area contributed by atoms with Crippen LogP contribution in [0.1, 0.15) is 23.2 Å². The first kappa shape index (κ1) is 13.1. The van der Waals surface area contributed by atoms with E-state index in [0.29, 0.717) is 5.92 Å². The molecule has 1 atom stereocenters. The van der Waals surface area contributed by atoms with Crippen LogP contribution in [0.3, 0.4) is 0 Å². The first-order valence-corrected chi connectivity index (χ1v) is 6.92. The van der Waals surface area contributed by atoms with Gasteiger partial charge in [0, 0.05) is 18.7 Å². The highest BCUT2D eigenvalue weighted by Gasteiger charge is 2.35. The molecule has 6 nitrogen and oxygen atoms in total. The predicted molar refractivity (Wildman–Crippen MR) is 73.5 cm³/mol. The minimum Gasteiger partial charge on any atom is -0.348 e. The quantitative estimate of drug-likeness (QED) is 0.668. The van der Waals surface area contributed by atoms with Crippen LogP contribution in [0.25, 0.3) is 0 Å². The Morgan fingerprint density at radius 3 is 2.60 bits per heavy atom. The van der Waals surface area contributed by atoms with Crippen LogP contribution in [-0.4, -0.2) is 41.4 Å². The van der Waals surface area contributed by atoms with E-state index in [1.165, 1.54) is 12.1 Å². The predicted octanol–water partition coefficient (Wildman–Crippen LogP) is 1.42. The fraction of sp³-hybridized carbons (Fsp3) is 0.500. The Morgan fingerprint density at radius 1 is 1.30 bits per heavy atom. The molecule has 2 bridgehead atoms. The molecule has 1 aromatic carbocycles. The van der Waals surface area contributed by atoms with E-state index in [-0.39, 0.29) is 23.2 Å². The second kappa shape index (κ2) is 5.20. The van der Waals surface area contributed by atoms with E-state index in [9.17, 15) is 14.9 Å². The minimum absolute atomic E-state index is 0.116. The summed E-state index contributed by atoms with van der Waals surface area (Å²) in [4.78, 5) is 25.1. The number of amides is 1. The van der Waals surface area contributed by atoms with Gasteiger partial charge in [-0.3, -0.25) is 14.9 Å². The highest BCUT2D eigenvalue weighted by atomic mass is 16.6. The lowest BCUT2D eigenvalue weighted by Crippen LogP contribution is -2.57. The number of para-hydroxylation sites is 1. The van der Waals surface area contributed by atoms with Crippen molar-refractivity contribution in [3.63, 3.8) is 0 Å². The third-order valence-electron chi connectivity index (χ3n) is 4.32. The van der Waals surface area contributed by atoms with E-state index in [0.717, 1.165) is 32.5 Å². The topological polar surface area (TPSA) is 75.5 Å². The Labute approximate surface area is 116 Å². The smallest absolute Gasteiger partial charge is 0.282 e. The zero-order valence-corrected chi connectivity index (χ0v) is 11.1. The number of rotatable bonds is 3. The van der Waals surface area contributed by atoms with Crippen molar-refractivity contribution in [2.24, 2.45) is 5.92 Å². The molecule has 0 spiro atoms. The van der Waals surface area contributed by atoms with Gasteiger partial charge in [-0.15, -0.1) is 0 Å². The lowest BCUT2D eigenvalue weighted by atomic mass is 9.84. The number of piperidine rings is 3. The molecule has 106 valence electrons. The van der Waals surface area contributed by atoms with Crippen LogP contribution < -0.4 is 5.32 Å². The first-order valence-electron chi connectivity index (χ1n) is 6.92. The molecule has 0 aliphatic carbocycles. The SMILES string of the molecule is O=C(NC1CN2CCC1CC2)c1ccccc1[N+](=O)[O-]. The van der Waals surface area contributed by atoms with E-state index >= 15 is 0 Å². The van der Waals surface area contributed by atoms with Crippen molar-refractivity contribution < 1.29 is 9.72 Å². The second-order valence-electron chi connectivity index (χ2n) is 5.49. The van der Waals surface area contributed by atoms with Crippen LogP contribution in [0.2, 0.25) is 0 Å². The van der Waals surface area contributed by atoms with E-state index < -0.39 is 4.92 Å². The summed E-state index contributed by atoms with van der Waals surface area (Å²) in [6.45, 7) is 3.06. The highest BCUT2D eigenvalue weighted by Crippen LogP contribution is 2.28. The minimum atomic E-state index is -0.508. The number of carbonyl (C=O) groups is 1. The number of nitrogens with zero attached hydrogens (tertiary/aromatic N) is 2. The van der Waals surface area contributed by atoms with E-state index in [4.69, 9.17) is 0 Å². The molecule has 3 fully saturated rings. The molecule has 0 aromatic heterocycles. The van der Waals surface area contributed by atoms with Crippen molar-refractivity contribution in [3.05, 3.63) is 39.9 Å².